The van der Waals surface area contributed by atoms with Gasteiger partial charge in [0.05, 0.1) is 7.11 Å². The van der Waals surface area contributed by atoms with Gasteiger partial charge in [0.25, 0.3) is 0 Å². The van der Waals surface area contributed by atoms with E-state index in [4.69, 9.17) is 4.74 Å². The highest BCUT2D eigenvalue weighted by molar-refractivity contribution is 7.89. The van der Waals surface area contributed by atoms with E-state index in [0.29, 0.717) is 18.9 Å². The average molecular weight is 430 g/mol. The first-order valence-electron chi connectivity index (χ1n) is 9.75. The summed E-state index contributed by atoms with van der Waals surface area (Å²) in [5, 5.41) is 3.37. The second-order valence-electron chi connectivity index (χ2n) is 6.68. The summed E-state index contributed by atoms with van der Waals surface area (Å²) in [5.74, 6) is 2.03. The van der Waals surface area contributed by atoms with E-state index < -0.39 is 10.0 Å². The molecule has 30 heavy (non-hydrogen) atoms. The number of ether oxygens (including phenoxy) is 1. The topological polar surface area (TPSA) is 89.4 Å². The number of anilines is 1. The number of nitrogens with zero attached hydrogens (tertiary/aromatic N) is 4. The molecule has 160 valence electrons. The summed E-state index contributed by atoms with van der Waals surface area (Å²) in [7, 11) is -0.0119. The first-order chi connectivity index (χ1) is 14.4. The monoisotopic (exact) mass is 429 g/mol. The van der Waals surface area contributed by atoms with Crippen molar-refractivity contribution in [3.8, 4) is 5.75 Å². The third-order valence-corrected chi connectivity index (χ3v) is 6.97. The van der Waals surface area contributed by atoms with Crippen LogP contribution in [0.5, 0.6) is 5.75 Å². The van der Waals surface area contributed by atoms with Crippen LogP contribution >= 0.6 is 0 Å². The minimum atomic E-state index is -3.55. The Morgan fingerprint density at radius 1 is 1.13 bits per heavy atom. The number of hydrogen-bond acceptors (Lipinski definition) is 6. The summed E-state index contributed by atoms with van der Waals surface area (Å²) in [4.78, 5) is 9.01. The molecule has 3 aromatic rings. The first kappa shape index (κ1) is 21.8. The fourth-order valence-corrected chi connectivity index (χ4v) is 4.72. The molecule has 0 bridgehead atoms. The van der Waals surface area contributed by atoms with E-state index in [9.17, 15) is 8.42 Å². The van der Waals surface area contributed by atoms with Gasteiger partial charge in [-0.1, -0.05) is 32.0 Å². The van der Waals surface area contributed by atoms with Gasteiger partial charge in [-0.2, -0.15) is 4.31 Å². The lowest BCUT2D eigenvalue weighted by Crippen LogP contribution is -2.30. The molecule has 0 amide bonds. The number of pyridine rings is 1. The summed E-state index contributed by atoms with van der Waals surface area (Å²) < 4.78 is 34.3. The number of rotatable bonds is 9. The third kappa shape index (κ3) is 4.31. The van der Waals surface area contributed by atoms with E-state index in [-0.39, 0.29) is 10.9 Å². The number of imidazole rings is 1. The quantitative estimate of drug-likeness (QED) is 0.562. The van der Waals surface area contributed by atoms with Gasteiger partial charge in [-0.05, 0) is 18.2 Å². The molecule has 9 heteroatoms. The third-order valence-electron chi connectivity index (χ3n) is 4.94. The number of aromatic nitrogens is 3. The Balaban J connectivity index is 1.95. The summed E-state index contributed by atoms with van der Waals surface area (Å²) in [6.07, 6.45) is 4.98. The van der Waals surface area contributed by atoms with Crippen molar-refractivity contribution in [2.45, 2.75) is 24.8 Å². The Labute approximate surface area is 177 Å². The molecular formula is C21H27N5O3S. The molecule has 0 unspecified atom stereocenters. The van der Waals surface area contributed by atoms with E-state index in [1.54, 1.807) is 25.4 Å². The number of aryl methyl sites for hydroxylation is 1. The largest absolute Gasteiger partial charge is 0.496 e. The van der Waals surface area contributed by atoms with Crippen molar-refractivity contribution in [3.05, 3.63) is 66.4 Å². The summed E-state index contributed by atoms with van der Waals surface area (Å²) in [5.41, 5.74) is 0.899. The molecule has 2 aromatic heterocycles. The molecule has 2 heterocycles. The normalized spacial score (nSPS) is 12.7. The van der Waals surface area contributed by atoms with Crippen LogP contribution in [0, 0.1) is 0 Å². The van der Waals surface area contributed by atoms with Crippen molar-refractivity contribution >= 4 is 15.8 Å². The van der Waals surface area contributed by atoms with Gasteiger partial charge < -0.3 is 14.6 Å². The van der Waals surface area contributed by atoms with E-state index in [0.717, 1.165) is 17.1 Å². The van der Waals surface area contributed by atoms with Gasteiger partial charge in [-0.3, -0.25) is 0 Å². The Hall–Kier alpha value is -2.91. The van der Waals surface area contributed by atoms with Crippen LogP contribution in [-0.4, -0.2) is 47.5 Å². The lowest BCUT2D eigenvalue weighted by molar-refractivity contribution is 0.408. The zero-order valence-electron chi connectivity index (χ0n) is 17.6. The predicted octanol–water partition coefficient (Wildman–Crippen LogP) is 3.06. The van der Waals surface area contributed by atoms with E-state index >= 15 is 0 Å². The lowest BCUT2D eigenvalue weighted by atomic mass is 10.0. The number of sulfonamides is 1. The highest BCUT2D eigenvalue weighted by Crippen LogP contribution is 2.31. The molecule has 1 atom stereocenters. The molecule has 1 N–H and O–H groups in total. The number of hydrogen-bond donors (Lipinski definition) is 1. The van der Waals surface area contributed by atoms with Crippen LogP contribution in [0.4, 0.5) is 5.82 Å². The fourth-order valence-electron chi connectivity index (χ4n) is 3.32. The number of benzene rings is 1. The smallest absolute Gasteiger partial charge is 0.244 e. The molecule has 8 nitrogen and oxygen atoms in total. The van der Waals surface area contributed by atoms with Crippen LogP contribution in [-0.2, 0) is 17.1 Å². The van der Waals surface area contributed by atoms with Crippen LogP contribution in [0.25, 0.3) is 0 Å². The maximum absolute atomic E-state index is 12.7. The summed E-state index contributed by atoms with van der Waals surface area (Å²) in [6.45, 7) is 4.45. The van der Waals surface area contributed by atoms with Crippen molar-refractivity contribution in [1.29, 1.82) is 0 Å². The standard InChI is InChI=1S/C21H27N5O3S/c1-5-26(6-2)30(27,28)16-11-12-19(23-15-16)24-20(21-22-13-14-25(21)3)17-9-7-8-10-18(17)29-4/h7-15,20H,5-6H2,1-4H3,(H,23,24)/t20-/m1/s1. The summed E-state index contributed by atoms with van der Waals surface area (Å²) >= 11 is 0. The lowest BCUT2D eigenvalue weighted by Gasteiger charge is -2.22. The number of para-hydroxylation sites is 1. The van der Waals surface area contributed by atoms with Gasteiger partial charge >= 0.3 is 0 Å². The SMILES string of the molecule is CCN(CC)S(=O)(=O)c1ccc(N[C@H](c2ccccc2OC)c2nccn2C)nc1. The summed E-state index contributed by atoms with van der Waals surface area (Å²) in [6, 6.07) is 10.6. The van der Waals surface area contributed by atoms with E-state index in [1.807, 2.05) is 55.9 Å². The highest BCUT2D eigenvalue weighted by atomic mass is 32.2. The molecule has 0 aliphatic rings. The Kier molecular flexibility index (Phi) is 6.73. The van der Waals surface area contributed by atoms with Crippen molar-refractivity contribution in [2.75, 3.05) is 25.5 Å². The minimum Gasteiger partial charge on any atom is -0.496 e. The van der Waals surface area contributed by atoms with Crippen molar-refractivity contribution < 1.29 is 13.2 Å². The highest BCUT2D eigenvalue weighted by Gasteiger charge is 2.24. The van der Waals surface area contributed by atoms with Crippen LogP contribution in [0.15, 0.2) is 59.9 Å². The molecule has 1 aromatic carbocycles. The maximum atomic E-state index is 12.7. The van der Waals surface area contributed by atoms with Gasteiger partial charge in [0.1, 0.15) is 28.3 Å². The van der Waals surface area contributed by atoms with E-state index in [1.165, 1.54) is 10.5 Å². The minimum absolute atomic E-state index is 0.169. The van der Waals surface area contributed by atoms with Crippen molar-refractivity contribution in [3.63, 3.8) is 0 Å². The molecule has 0 fully saturated rings. The second kappa shape index (κ2) is 9.27. The number of methoxy groups -OCH3 is 1. The van der Waals surface area contributed by atoms with Crippen molar-refractivity contribution in [2.24, 2.45) is 7.05 Å². The first-order valence-corrected chi connectivity index (χ1v) is 11.2. The van der Waals surface area contributed by atoms with E-state index in [2.05, 4.69) is 15.3 Å². The zero-order valence-corrected chi connectivity index (χ0v) is 18.4. The molecular weight excluding hydrogens is 402 g/mol. The Morgan fingerprint density at radius 2 is 1.87 bits per heavy atom. The van der Waals surface area contributed by atoms with Gasteiger partial charge in [-0.15, -0.1) is 0 Å². The van der Waals surface area contributed by atoms with Crippen molar-refractivity contribution in [1.82, 2.24) is 18.8 Å². The zero-order chi connectivity index (χ0) is 21.7. The Bertz CT molecular complexity index is 1080. The van der Waals surface area contributed by atoms with Gasteiger partial charge in [0.2, 0.25) is 10.0 Å². The molecule has 0 saturated carbocycles. The van der Waals surface area contributed by atoms with Crippen LogP contribution in [0.3, 0.4) is 0 Å². The maximum Gasteiger partial charge on any atom is 0.244 e. The molecule has 0 spiro atoms. The van der Waals surface area contributed by atoms with Gasteiger partial charge in [0.15, 0.2) is 0 Å². The molecule has 3 rings (SSSR count). The van der Waals surface area contributed by atoms with Gasteiger partial charge in [0, 0.05) is 44.3 Å². The Morgan fingerprint density at radius 3 is 2.43 bits per heavy atom. The molecule has 0 aliphatic carbocycles. The molecule has 0 radical (unpaired) electrons. The average Bonchev–Trinajstić information content (AvgIpc) is 3.18. The fraction of sp³-hybridized carbons (Fsp3) is 0.333. The number of nitrogens with one attached hydrogen (secondary N) is 1. The predicted molar refractivity (Wildman–Crippen MR) is 116 cm³/mol. The van der Waals surface area contributed by atoms with Crippen LogP contribution in [0.2, 0.25) is 0 Å². The molecule has 0 saturated heterocycles. The molecule has 0 aliphatic heterocycles. The van der Waals surface area contributed by atoms with Crippen LogP contribution < -0.4 is 10.1 Å². The van der Waals surface area contributed by atoms with Crippen LogP contribution in [0.1, 0.15) is 31.3 Å². The van der Waals surface area contributed by atoms with Gasteiger partial charge in [-0.25, -0.2) is 18.4 Å². The second-order valence-corrected chi connectivity index (χ2v) is 8.62.